The summed E-state index contributed by atoms with van der Waals surface area (Å²) in [5.74, 6) is 2.60. The fourth-order valence-electron chi connectivity index (χ4n) is 2.94. The molecule has 4 rings (SSSR count). The standard InChI is InChI=1S/C18H22N8/c1-13-19-17(22-18(20-13)26-10-8-25(2)9-11-26)21-16-12-15(23-24-16)14-6-4-3-5-7-14/h3-7,12H,8-11H2,1-2H3,(H2,19,20,21,22,23,24). The highest BCUT2D eigenvalue weighted by Crippen LogP contribution is 2.21. The highest BCUT2D eigenvalue weighted by atomic mass is 15.3. The van der Waals surface area contributed by atoms with Crippen molar-refractivity contribution < 1.29 is 0 Å². The molecule has 3 heterocycles. The van der Waals surface area contributed by atoms with Crippen LogP contribution in [0.1, 0.15) is 5.82 Å². The minimum Gasteiger partial charge on any atom is -0.338 e. The molecule has 0 aliphatic carbocycles. The van der Waals surface area contributed by atoms with E-state index in [0.29, 0.717) is 23.5 Å². The molecule has 8 heteroatoms. The van der Waals surface area contributed by atoms with E-state index < -0.39 is 0 Å². The minimum atomic E-state index is 0.512. The molecule has 0 amide bonds. The molecule has 1 saturated heterocycles. The van der Waals surface area contributed by atoms with Crippen LogP contribution in [0.25, 0.3) is 11.3 Å². The van der Waals surface area contributed by atoms with Gasteiger partial charge in [-0.1, -0.05) is 30.3 Å². The van der Waals surface area contributed by atoms with Crippen LogP contribution in [0.5, 0.6) is 0 Å². The van der Waals surface area contributed by atoms with Crippen molar-refractivity contribution in [3.05, 3.63) is 42.2 Å². The van der Waals surface area contributed by atoms with Crippen molar-refractivity contribution in [3.8, 4) is 11.3 Å². The fraction of sp³-hybridized carbons (Fsp3) is 0.333. The lowest BCUT2D eigenvalue weighted by atomic mass is 10.2. The molecule has 0 atom stereocenters. The van der Waals surface area contributed by atoms with E-state index in [4.69, 9.17) is 0 Å². The number of nitrogens with zero attached hydrogens (tertiary/aromatic N) is 6. The smallest absolute Gasteiger partial charge is 0.233 e. The average molecular weight is 350 g/mol. The summed E-state index contributed by atoms with van der Waals surface area (Å²) in [7, 11) is 2.13. The molecule has 1 aliphatic heterocycles. The highest BCUT2D eigenvalue weighted by molar-refractivity contribution is 5.64. The van der Waals surface area contributed by atoms with E-state index in [1.54, 1.807) is 0 Å². The Morgan fingerprint density at radius 2 is 1.77 bits per heavy atom. The molecule has 134 valence electrons. The van der Waals surface area contributed by atoms with Gasteiger partial charge in [-0.05, 0) is 19.5 Å². The summed E-state index contributed by atoms with van der Waals surface area (Å²) in [5, 5.41) is 10.5. The zero-order chi connectivity index (χ0) is 17.9. The van der Waals surface area contributed by atoms with Crippen LogP contribution in [-0.4, -0.2) is 63.3 Å². The van der Waals surface area contributed by atoms with E-state index in [-0.39, 0.29) is 0 Å². The van der Waals surface area contributed by atoms with Crippen molar-refractivity contribution in [3.63, 3.8) is 0 Å². The molecule has 0 bridgehead atoms. The third kappa shape index (κ3) is 3.65. The molecule has 8 nitrogen and oxygen atoms in total. The lowest BCUT2D eigenvalue weighted by Gasteiger charge is -2.32. The van der Waals surface area contributed by atoms with Crippen molar-refractivity contribution in [2.24, 2.45) is 0 Å². The number of aromatic amines is 1. The lowest BCUT2D eigenvalue weighted by molar-refractivity contribution is 0.311. The van der Waals surface area contributed by atoms with Crippen molar-refractivity contribution in [2.45, 2.75) is 6.92 Å². The van der Waals surface area contributed by atoms with Gasteiger partial charge in [0.25, 0.3) is 0 Å². The van der Waals surface area contributed by atoms with Crippen LogP contribution in [0.2, 0.25) is 0 Å². The first-order valence-corrected chi connectivity index (χ1v) is 8.71. The monoisotopic (exact) mass is 350 g/mol. The molecule has 0 saturated carbocycles. The number of H-pyrrole nitrogens is 1. The van der Waals surface area contributed by atoms with Crippen molar-refractivity contribution in [2.75, 3.05) is 43.4 Å². The van der Waals surface area contributed by atoms with Crippen LogP contribution in [0, 0.1) is 6.92 Å². The number of likely N-dealkylation sites (N-methyl/N-ethyl adjacent to an activating group) is 1. The van der Waals surface area contributed by atoms with Crippen LogP contribution >= 0.6 is 0 Å². The summed E-state index contributed by atoms with van der Waals surface area (Å²) in [6, 6.07) is 12.0. The van der Waals surface area contributed by atoms with Crippen molar-refractivity contribution in [1.82, 2.24) is 30.0 Å². The molecule has 3 aromatic rings. The SMILES string of the molecule is Cc1nc(Nc2cc(-c3ccccc3)[nH]n2)nc(N2CCN(C)CC2)n1. The number of anilines is 3. The molecule has 1 aliphatic rings. The van der Waals surface area contributed by atoms with Crippen LogP contribution in [0.4, 0.5) is 17.7 Å². The maximum atomic E-state index is 4.58. The van der Waals surface area contributed by atoms with E-state index in [1.807, 2.05) is 43.3 Å². The number of aryl methyl sites for hydroxylation is 1. The molecule has 2 aromatic heterocycles. The minimum absolute atomic E-state index is 0.512. The zero-order valence-electron chi connectivity index (χ0n) is 15.0. The predicted molar refractivity (Wildman–Crippen MR) is 102 cm³/mol. The Hall–Kier alpha value is -3.00. The van der Waals surface area contributed by atoms with Gasteiger partial charge >= 0.3 is 0 Å². The Bertz CT molecular complexity index is 868. The zero-order valence-corrected chi connectivity index (χ0v) is 15.0. The Labute approximate surface area is 152 Å². The molecule has 1 aromatic carbocycles. The molecular formula is C18H22N8. The van der Waals surface area contributed by atoms with E-state index >= 15 is 0 Å². The molecular weight excluding hydrogens is 328 g/mol. The Morgan fingerprint density at radius 3 is 2.54 bits per heavy atom. The van der Waals surface area contributed by atoms with Gasteiger partial charge < -0.3 is 15.1 Å². The summed E-state index contributed by atoms with van der Waals surface area (Å²) in [6.07, 6.45) is 0. The summed E-state index contributed by atoms with van der Waals surface area (Å²) in [6.45, 7) is 5.73. The number of aromatic nitrogens is 5. The molecule has 0 spiro atoms. The van der Waals surface area contributed by atoms with Gasteiger partial charge in [-0.25, -0.2) is 0 Å². The second-order valence-corrected chi connectivity index (χ2v) is 6.45. The van der Waals surface area contributed by atoms with Gasteiger partial charge in [-0.15, -0.1) is 0 Å². The molecule has 1 fully saturated rings. The Kier molecular flexibility index (Phi) is 4.49. The third-order valence-corrected chi connectivity index (χ3v) is 4.42. The number of benzene rings is 1. The van der Waals surface area contributed by atoms with Crippen LogP contribution < -0.4 is 10.2 Å². The van der Waals surface area contributed by atoms with Gasteiger partial charge in [-0.2, -0.15) is 20.1 Å². The summed E-state index contributed by atoms with van der Waals surface area (Å²) < 4.78 is 0. The first kappa shape index (κ1) is 16.5. The second-order valence-electron chi connectivity index (χ2n) is 6.45. The quantitative estimate of drug-likeness (QED) is 0.745. The van der Waals surface area contributed by atoms with Crippen molar-refractivity contribution >= 4 is 17.7 Å². The maximum Gasteiger partial charge on any atom is 0.233 e. The van der Waals surface area contributed by atoms with Gasteiger partial charge in [-0.3, -0.25) is 5.10 Å². The number of hydrogen-bond acceptors (Lipinski definition) is 7. The highest BCUT2D eigenvalue weighted by Gasteiger charge is 2.18. The topological polar surface area (TPSA) is 85.9 Å². The summed E-state index contributed by atoms with van der Waals surface area (Å²) in [4.78, 5) is 18.0. The first-order valence-electron chi connectivity index (χ1n) is 8.71. The summed E-state index contributed by atoms with van der Waals surface area (Å²) in [5.41, 5.74) is 2.02. The Morgan fingerprint density at radius 1 is 1.00 bits per heavy atom. The van der Waals surface area contributed by atoms with E-state index in [2.05, 4.69) is 47.3 Å². The molecule has 0 radical (unpaired) electrons. The molecule has 2 N–H and O–H groups in total. The van der Waals surface area contributed by atoms with Crippen LogP contribution in [-0.2, 0) is 0 Å². The largest absolute Gasteiger partial charge is 0.338 e. The number of piperazine rings is 1. The predicted octanol–water partition coefficient (Wildman–Crippen LogP) is 2.07. The molecule has 26 heavy (non-hydrogen) atoms. The number of nitrogens with one attached hydrogen (secondary N) is 2. The van der Waals surface area contributed by atoms with Gasteiger partial charge in [0.2, 0.25) is 11.9 Å². The molecule has 0 unspecified atom stereocenters. The van der Waals surface area contributed by atoms with Crippen molar-refractivity contribution in [1.29, 1.82) is 0 Å². The van der Waals surface area contributed by atoms with E-state index in [1.165, 1.54) is 0 Å². The van der Waals surface area contributed by atoms with Crippen LogP contribution in [0.15, 0.2) is 36.4 Å². The first-order chi connectivity index (χ1) is 12.7. The van der Waals surface area contributed by atoms with Gasteiger partial charge in [0.05, 0.1) is 5.69 Å². The van der Waals surface area contributed by atoms with Gasteiger partial charge in [0, 0.05) is 32.2 Å². The summed E-state index contributed by atoms with van der Waals surface area (Å²) >= 11 is 0. The average Bonchev–Trinajstić information content (AvgIpc) is 3.11. The van der Waals surface area contributed by atoms with E-state index in [0.717, 1.165) is 37.4 Å². The maximum absolute atomic E-state index is 4.58. The normalized spacial score (nSPS) is 15.2. The van der Waals surface area contributed by atoms with Gasteiger partial charge in [0.15, 0.2) is 5.82 Å². The second kappa shape index (κ2) is 7.09. The Balaban J connectivity index is 1.52. The van der Waals surface area contributed by atoms with Gasteiger partial charge in [0.1, 0.15) is 5.82 Å². The third-order valence-electron chi connectivity index (χ3n) is 4.42. The van der Waals surface area contributed by atoms with Crippen LogP contribution in [0.3, 0.4) is 0 Å². The van der Waals surface area contributed by atoms with E-state index in [9.17, 15) is 0 Å². The lowest BCUT2D eigenvalue weighted by Crippen LogP contribution is -2.45. The number of rotatable bonds is 4. The fourth-order valence-corrected chi connectivity index (χ4v) is 2.94. The number of hydrogen-bond donors (Lipinski definition) is 2.